The zero-order chi connectivity index (χ0) is 16.1. The van der Waals surface area contributed by atoms with Gasteiger partial charge >= 0.3 is 0 Å². The van der Waals surface area contributed by atoms with E-state index in [0.29, 0.717) is 17.2 Å². The molecule has 1 aliphatic heterocycles. The van der Waals surface area contributed by atoms with Crippen LogP contribution in [0.4, 0.5) is 0 Å². The second-order valence-corrected chi connectivity index (χ2v) is 6.59. The van der Waals surface area contributed by atoms with E-state index >= 15 is 0 Å². The number of thiophene rings is 1. The van der Waals surface area contributed by atoms with Gasteiger partial charge in [-0.15, -0.1) is 11.3 Å². The molecule has 1 saturated heterocycles. The van der Waals surface area contributed by atoms with Crippen molar-refractivity contribution in [1.82, 2.24) is 15.0 Å². The van der Waals surface area contributed by atoms with Gasteiger partial charge < -0.3 is 9.42 Å². The molecule has 1 atom stereocenters. The Hall–Kier alpha value is -2.02. The molecule has 3 rings (SSSR count). The molecule has 6 nitrogen and oxygen atoms in total. The Morgan fingerprint density at radius 2 is 2.22 bits per heavy atom. The van der Waals surface area contributed by atoms with Gasteiger partial charge in [0.25, 0.3) is 0 Å². The fourth-order valence-electron chi connectivity index (χ4n) is 2.93. The predicted molar refractivity (Wildman–Crippen MR) is 85.1 cm³/mol. The standard InChI is InChI=1S/C16H19N3O3S/c20-13(14-6-4-10-23-14)7-8-15(21)19-9-3-1-2-5-12(19)16-17-11-22-18-16/h4,6,10-12H,1-3,5,7-9H2. The van der Waals surface area contributed by atoms with Crippen LogP contribution >= 0.6 is 11.3 Å². The third-order valence-electron chi connectivity index (χ3n) is 4.11. The number of Topliss-reactive ketones (excluding diaryl/α,β-unsaturated/α-hetero) is 1. The third-order valence-corrected chi connectivity index (χ3v) is 5.02. The maximum absolute atomic E-state index is 12.6. The summed E-state index contributed by atoms with van der Waals surface area (Å²) >= 11 is 1.41. The molecule has 0 aliphatic carbocycles. The molecule has 0 radical (unpaired) electrons. The Kier molecular flexibility index (Phi) is 5.17. The number of hydrogen-bond acceptors (Lipinski definition) is 6. The van der Waals surface area contributed by atoms with Crippen LogP contribution in [-0.4, -0.2) is 33.3 Å². The van der Waals surface area contributed by atoms with Gasteiger partial charge in [0.15, 0.2) is 11.6 Å². The van der Waals surface area contributed by atoms with Gasteiger partial charge in [-0.25, -0.2) is 0 Å². The average molecular weight is 333 g/mol. The predicted octanol–water partition coefficient (Wildman–Crippen LogP) is 3.24. The number of hydrogen-bond donors (Lipinski definition) is 0. The lowest BCUT2D eigenvalue weighted by molar-refractivity contribution is -0.133. The van der Waals surface area contributed by atoms with Crippen molar-refractivity contribution in [3.05, 3.63) is 34.6 Å². The first-order valence-electron chi connectivity index (χ1n) is 7.88. The summed E-state index contributed by atoms with van der Waals surface area (Å²) < 4.78 is 4.83. The van der Waals surface area contributed by atoms with Crippen molar-refractivity contribution in [2.45, 2.75) is 44.6 Å². The first-order valence-corrected chi connectivity index (χ1v) is 8.76. The molecule has 2 aromatic rings. The zero-order valence-corrected chi connectivity index (χ0v) is 13.6. The summed E-state index contributed by atoms with van der Waals surface area (Å²) in [5.41, 5.74) is 0. The fourth-order valence-corrected chi connectivity index (χ4v) is 3.62. The van der Waals surface area contributed by atoms with Gasteiger partial charge in [0.1, 0.15) is 0 Å². The molecular formula is C16H19N3O3S. The lowest BCUT2D eigenvalue weighted by Gasteiger charge is -2.27. The smallest absolute Gasteiger partial charge is 0.223 e. The molecule has 0 N–H and O–H groups in total. The highest BCUT2D eigenvalue weighted by Gasteiger charge is 2.29. The molecule has 1 fully saturated rings. The molecule has 1 amide bonds. The molecule has 7 heteroatoms. The molecule has 0 spiro atoms. The Morgan fingerprint density at radius 3 is 2.96 bits per heavy atom. The molecule has 0 saturated carbocycles. The lowest BCUT2D eigenvalue weighted by Crippen LogP contribution is -2.35. The molecule has 0 aromatic carbocycles. The maximum atomic E-state index is 12.6. The lowest BCUT2D eigenvalue weighted by atomic mass is 10.1. The van der Waals surface area contributed by atoms with Crippen molar-refractivity contribution in [2.24, 2.45) is 0 Å². The fraction of sp³-hybridized carbons (Fsp3) is 0.500. The number of nitrogens with zero attached hydrogens (tertiary/aromatic N) is 3. The van der Waals surface area contributed by atoms with E-state index in [4.69, 9.17) is 4.52 Å². The SMILES string of the molecule is O=C(CCC(=O)N1CCCCCC1c1ncon1)c1cccs1. The number of rotatable bonds is 5. The Morgan fingerprint density at radius 1 is 1.30 bits per heavy atom. The summed E-state index contributed by atoms with van der Waals surface area (Å²) in [6, 6.07) is 3.51. The molecule has 1 aliphatic rings. The van der Waals surface area contributed by atoms with Crippen LogP contribution in [0.15, 0.2) is 28.4 Å². The van der Waals surface area contributed by atoms with E-state index in [1.165, 1.54) is 17.7 Å². The molecular weight excluding hydrogens is 314 g/mol. The van der Waals surface area contributed by atoms with Gasteiger partial charge in [-0.3, -0.25) is 9.59 Å². The van der Waals surface area contributed by atoms with Crippen molar-refractivity contribution in [1.29, 1.82) is 0 Å². The zero-order valence-electron chi connectivity index (χ0n) is 12.8. The van der Waals surface area contributed by atoms with E-state index in [1.807, 2.05) is 16.3 Å². The first-order chi connectivity index (χ1) is 11.3. The highest BCUT2D eigenvalue weighted by atomic mass is 32.1. The van der Waals surface area contributed by atoms with Crippen LogP contribution in [0.1, 0.15) is 60.1 Å². The van der Waals surface area contributed by atoms with Crippen LogP contribution < -0.4 is 0 Å². The average Bonchev–Trinajstić information content (AvgIpc) is 3.22. The van der Waals surface area contributed by atoms with Gasteiger partial charge in [0.2, 0.25) is 12.3 Å². The van der Waals surface area contributed by atoms with Crippen molar-refractivity contribution in [3.8, 4) is 0 Å². The highest BCUT2D eigenvalue weighted by molar-refractivity contribution is 7.12. The molecule has 1 unspecified atom stereocenters. The Labute approximate surface area is 138 Å². The van der Waals surface area contributed by atoms with E-state index in [1.54, 1.807) is 6.07 Å². The molecule has 122 valence electrons. The quantitative estimate of drug-likeness (QED) is 0.785. The van der Waals surface area contributed by atoms with Crippen molar-refractivity contribution >= 4 is 23.0 Å². The summed E-state index contributed by atoms with van der Waals surface area (Å²) in [7, 11) is 0. The van der Waals surface area contributed by atoms with Gasteiger partial charge in [-0.2, -0.15) is 4.98 Å². The second kappa shape index (κ2) is 7.50. The maximum Gasteiger partial charge on any atom is 0.223 e. The monoisotopic (exact) mass is 333 g/mol. The largest absolute Gasteiger partial charge is 0.343 e. The molecule has 0 bridgehead atoms. The normalized spacial score (nSPS) is 18.6. The number of aromatic nitrogens is 2. The van der Waals surface area contributed by atoms with E-state index < -0.39 is 0 Å². The molecule has 2 aromatic heterocycles. The van der Waals surface area contributed by atoms with Gasteiger partial charge in [-0.1, -0.05) is 24.1 Å². The minimum Gasteiger partial charge on any atom is -0.343 e. The van der Waals surface area contributed by atoms with Crippen LogP contribution in [0.3, 0.4) is 0 Å². The summed E-state index contributed by atoms with van der Waals surface area (Å²) in [4.78, 5) is 31.3. The van der Waals surface area contributed by atoms with Crippen molar-refractivity contribution in [3.63, 3.8) is 0 Å². The van der Waals surface area contributed by atoms with Crippen LogP contribution in [0, 0.1) is 0 Å². The molecule has 23 heavy (non-hydrogen) atoms. The van der Waals surface area contributed by atoms with Gasteiger partial charge in [0, 0.05) is 19.4 Å². The summed E-state index contributed by atoms with van der Waals surface area (Å²) in [5, 5.41) is 5.78. The number of amides is 1. The Balaban J connectivity index is 1.64. The van der Waals surface area contributed by atoms with E-state index in [2.05, 4.69) is 10.1 Å². The highest BCUT2D eigenvalue weighted by Crippen LogP contribution is 2.29. The first kappa shape index (κ1) is 15.9. The third kappa shape index (κ3) is 3.85. The minimum absolute atomic E-state index is 0.00777. The van der Waals surface area contributed by atoms with E-state index in [-0.39, 0.29) is 30.6 Å². The van der Waals surface area contributed by atoms with Crippen LogP contribution in [0.5, 0.6) is 0 Å². The molecule has 3 heterocycles. The van der Waals surface area contributed by atoms with Crippen molar-refractivity contribution < 1.29 is 14.1 Å². The summed E-state index contributed by atoms with van der Waals surface area (Å²) in [6.45, 7) is 0.686. The number of carbonyl (C=O) groups is 2. The van der Waals surface area contributed by atoms with Crippen LogP contribution in [0.25, 0.3) is 0 Å². The summed E-state index contributed by atoms with van der Waals surface area (Å²) in [5.74, 6) is 0.579. The minimum atomic E-state index is -0.138. The number of likely N-dealkylation sites (tertiary alicyclic amines) is 1. The Bertz CT molecular complexity index is 640. The number of carbonyl (C=O) groups excluding carboxylic acids is 2. The second-order valence-electron chi connectivity index (χ2n) is 5.64. The van der Waals surface area contributed by atoms with E-state index in [0.717, 1.165) is 25.7 Å². The van der Waals surface area contributed by atoms with Gasteiger partial charge in [0.05, 0.1) is 10.9 Å². The van der Waals surface area contributed by atoms with Crippen molar-refractivity contribution in [2.75, 3.05) is 6.54 Å². The van der Waals surface area contributed by atoms with Gasteiger partial charge in [-0.05, 0) is 24.3 Å². The van der Waals surface area contributed by atoms with Crippen LogP contribution in [-0.2, 0) is 4.79 Å². The summed E-state index contributed by atoms with van der Waals surface area (Å²) in [6.07, 6.45) is 5.70. The topological polar surface area (TPSA) is 76.3 Å². The number of ketones is 1. The van der Waals surface area contributed by atoms with Crippen LogP contribution in [0.2, 0.25) is 0 Å². The van der Waals surface area contributed by atoms with E-state index in [9.17, 15) is 9.59 Å².